The monoisotopic (exact) mass is 311 g/mol. The van der Waals surface area contributed by atoms with Crippen molar-refractivity contribution >= 4 is 27.3 Å². The summed E-state index contributed by atoms with van der Waals surface area (Å²) in [5, 5.41) is 8.12. The molecule has 0 fully saturated rings. The summed E-state index contributed by atoms with van der Waals surface area (Å²) in [7, 11) is -4.22. The molecule has 2 aromatic rings. The number of hydrogen-bond acceptors (Lipinski definition) is 4. The van der Waals surface area contributed by atoms with Crippen molar-refractivity contribution in [2.45, 2.75) is 5.03 Å². The van der Waals surface area contributed by atoms with Crippen LogP contribution in [0.15, 0.2) is 41.6 Å². The number of nitrogens with zero attached hydrogens (tertiary/aromatic N) is 2. The molecule has 8 heteroatoms. The summed E-state index contributed by atoms with van der Waals surface area (Å²) in [6.07, 6.45) is 1.16. The molecule has 0 saturated carbocycles. The van der Waals surface area contributed by atoms with E-state index in [1.807, 2.05) is 6.07 Å². The van der Waals surface area contributed by atoms with Gasteiger partial charge in [-0.25, -0.2) is 9.37 Å². The van der Waals surface area contributed by atoms with E-state index in [9.17, 15) is 12.8 Å². The van der Waals surface area contributed by atoms with Gasteiger partial charge in [-0.2, -0.15) is 13.7 Å². The predicted molar refractivity (Wildman–Crippen MR) is 71.2 cm³/mol. The molecule has 0 aliphatic heterocycles. The van der Waals surface area contributed by atoms with Crippen molar-refractivity contribution < 1.29 is 12.8 Å². The van der Waals surface area contributed by atoms with Crippen LogP contribution >= 0.6 is 11.6 Å². The number of pyridine rings is 1. The van der Waals surface area contributed by atoms with Crippen molar-refractivity contribution in [2.75, 3.05) is 4.72 Å². The van der Waals surface area contributed by atoms with E-state index in [4.69, 9.17) is 16.9 Å². The molecule has 0 radical (unpaired) electrons. The summed E-state index contributed by atoms with van der Waals surface area (Å²) in [5.41, 5.74) is 0.198. The van der Waals surface area contributed by atoms with Gasteiger partial charge in [0.15, 0.2) is 5.82 Å². The van der Waals surface area contributed by atoms with Crippen molar-refractivity contribution in [1.82, 2.24) is 4.98 Å². The number of halogens is 2. The fourth-order valence-electron chi connectivity index (χ4n) is 1.44. The molecule has 1 heterocycles. The first-order chi connectivity index (χ1) is 9.44. The van der Waals surface area contributed by atoms with Gasteiger partial charge in [-0.3, -0.25) is 4.72 Å². The van der Waals surface area contributed by atoms with Gasteiger partial charge in [0.1, 0.15) is 0 Å². The fourth-order valence-corrected chi connectivity index (χ4v) is 2.74. The highest BCUT2D eigenvalue weighted by molar-refractivity contribution is 7.92. The predicted octanol–water partition coefficient (Wildman–Crippen LogP) is 2.55. The number of nitrogens with one attached hydrogen (secondary N) is 1. The van der Waals surface area contributed by atoms with E-state index in [1.54, 1.807) is 0 Å². The van der Waals surface area contributed by atoms with Crippen LogP contribution in [0.2, 0.25) is 5.02 Å². The topological polar surface area (TPSA) is 82.9 Å². The summed E-state index contributed by atoms with van der Waals surface area (Å²) >= 11 is 5.84. The summed E-state index contributed by atoms with van der Waals surface area (Å²) in [6.45, 7) is 0. The maximum absolute atomic E-state index is 13.5. The van der Waals surface area contributed by atoms with Crippen LogP contribution < -0.4 is 4.72 Å². The lowest BCUT2D eigenvalue weighted by molar-refractivity contribution is 0.557. The van der Waals surface area contributed by atoms with E-state index in [-0.39, 0.29) is 16.3 Å². The first-order valence-corrected chi connectivity index (χ1v) is 7.13. The van der Waals surface area contributed by atoms with E-state index in [1.165, 1.54) is 24.3 Å². The van der Waals surface area contributed by atoms with Gasteiger partial charge in [0.2, 0.25) is 5.03 Å². The van der Waals surface area contributed by atoms with Gasteiger partial charge in [0, 0.05) is 6.20 Å². The molecule has 0 spiro atoms. The van der Waals surface area contributed by atoms with E-state index in [0.29, 0.717) is 0 Å². The van der Waals surface area contributed by atoms with Gasteiger partial charge in [-0.1, -0.05) is 11.6 Å². The molecule has 0 aliphatic carbocycles. The number of benzene rings is 1. The Hall–Kier alpha value is -2.17. The third-order valence-corrected chi connectivity index (χ3v) is 3.95. The molecular formula is C12H7ClFN3O2S. The van der Waals surface area contributed by atoms with Crippen LogP contribution in [0.5, 0.6) is 0 Å². The van der Waals surface area contributed by atoms with Crippen molar-refractivity contribution in [3.8, 4) is 6.07 Å². The smallest absolute Gasteiger partial charge is 0.277 e. The molecule has 20 heavy (non-hydrogen) atoms. The molecule has 102 valence electrons. The summed E-state index contributed by atoms with van der Waals surface area (Å²) < 4.78 is 39.6. The maximum atomic E-state index is 13.5. The Labute approximate surface area is 119 Å². The van der Waals surface area contributed by atoms with Crippen LogP contribution in [0.1, 0.15) is 5.56 Å². The minimum atomic E-state index is -4.22. The van der Waals surface area contributed by atoms with E-state index >= 15 is 0 Å². The Kier molecular flexibility index (Phi) is 3.88. The molecule has 1 aromatic heterocycles. The van der Waals surface area contributed by atoms with Crippen molar-refractivity contribution in [3.63, 3.8) is 0 Å². The second-order valence-corrected chi connectivity index (χ2v) is 5.71. The Morgan fingerprint density at radius 3 is 2.75 bits per heavy atom. The molecule has 1 N–H and O–H groups in total. The van der Waals surface area contributed by atoms with Crippen LogP contribution in [0.3, 0.4) is 0 Å². The van der Waals surface area contributed by atoms with Crippen molar-refractivity contribution in [2.24, 2.45) is 0 Å². The third kappa shape index (κ3) is 2.87. The fraction of sp³-hybridized carbons (Fsp3) is 0. The number of rotatable bonds is 3. The first-order valence-electron chi connectivity index (χ1n) is 5.27. The van der Waals surface area contributed by atoms with Crippen molar-refractivity contribution in [1.29, 1.82) is 5.26 Å². The maximum Gasteiger partial charge on any atom is 0.282 e. The summed E-state index contributed by atoms with van der Waals surface area (Å²) in [5.74, 6) is -0.979. The summed E-state index contributed by atoms with van der Waals surface area (Å²) in [6, 6.07) is 8.16. The highest BCUT2D eigenvalue weighted by Gasteiger charge is 2.21. The number of nitriles is 1. The van der Waals surface area contributed by atoms with Crippen LogP contribution in [0, 0.1) is 17.1 Å². The zero-order valence-corrected chi connectivity index (χ0v) is 11.4. The number of sulfonamides is 1. The molecule has 0 bridgehead atoms. The van der Waals surface area contributed by atoms with Gasteiger partial charge in [-0.05, 0) is 30.3 Å². The van der Waals surface area contributed by atoms with Gasteiger partial charge in [-0.15, -0.1) is 0 Å². The van der Waals surface area contributed by atoms with Gasteiger partial charge in [0.25, 0.3) is 10.0 Å². The van der Waals surface area contributed by atoms with Crippen LogP contribution in [-0.4, -0.2) is 13.4 Å². The van der Waals surface area contributed by atoms with Crippen LogP contribution in [-0.2, 0) is 10.0 Å². The zero-order valence-electron chi connectivity index (χ0n) is 9.84. The molecular weight excluding hydrogens is 305 g/mol. The highest BCUT2D eigenvalue weighted by Crippen LogP contribution is 2.25. The van der Waals surface area contributed by atoms with E-state index in [0.717, 1.165) is 12.3 Å². The third-order valence-electron chi connectivity index (χ3n) is 2.32. The quantitative estimate of drug-likeness (QED) is 0.944. The standard InChI is InChI=1S/C12H7ClFN3O2S/c13-9-4-3-8(7-15)6-11(9)17-20(18,19)12-10(14)2-1-5-16-12/h1-6,17H. The number of anilines is 1. The highest BCUT2D eigenvalue weighted by atomic mass is 35.5. The van der Waals surface area contributed by atoms with Gasteiger partial charge < -0.3 is 0 Å². The average molecular weight is 312 g/mol. The van der Waals surface area contributed by atoms with Gasteiger partial charge >= 0.3 is 0 Å². The molecule has 1 aromatic carbocycles. The number of hydrogen-bond donors (Lipinski definition) is 1. The molecule has 0 unspecified atom stereocenters. The second-order valence-electron chi connectivity index (χ2n) is 3.70. The molecule has 0 aliphatic rings. The number of aromatic nitrogens is 1. The molecule has 2 rings (SSSR count). The minimum absolute atomic E-state index is 0.0178. The zero-order chi connectivity index (χ0) is 14.8. The van der Waals surface area contributed by atoms with E-state index < -0.39 is 20.9 Å². The Morgan fingerprint density at radius 1 is 1.35 bits per heavy atom. The second kappa shape index (κ2) is 5.45. The van der Waals surface area contributed by atoms with E-state index in [2.05, 4.69) is 9.71 Å². The van der Waals surface area contributed by atoms with Gasteiger partial charge in [0.05, 0.1) is 22.3 Å². The molecule has 5 nitrogen and oxygen atoms in total. The first kappa shape index (κ1) is 14.2. The Balaban J connectivity index is 2.44. The summed E-state index contributed by atoms with van der Waals surface area (Å²) in [4.78, 5) is 3.48. The molecule has 0 atom stereocenters. The lowest BCUT2D eigenvalue weighted by atomic mass is 10.2. The Morgan fingerprint density at radius 2 is 2.10 bits per heavy atom. The normalized spacial score (nSPS) is 10.8. The minimum Gasteiger partial charge on any atom is -0.277 e. The SMILES string of the molecule is N#Cc1ccc(Cl)c(NS(=O)(=O)c2ncccc2F)c1. The van der Waals surface area contributed by atoms with Crippen LogP contribution in [0.25, 0.3) is 0 Å². The van der Waals surface area contributed by atoms with Crippen LogP contribution in [0.4, 0.5) is 10.1 Å². The van der Waals surface area contributed by atoms with Crippen molar-refractivity contribution in [3.05, 3.63) is 52.9 Å². The average Bonchev–Trinajstić information content (AvgIpc) is 2.41. The lowest BCUT2D eigenvalue weighted by Crippen LogP contribution is -2.16. The Bertz CT molecular complexity index is 803. The largest absolute Gasteiger partial charge is 0.282 e. The molecule has 0 saturated heterocycles. The molecule has 0 amide bonds. The lowest BCUT2D eigenvalue weighted by Gasteiger charge is -2.09.